The van der Waals surface area contributed by atoms with Crippen LogP contribution in [0, 0.1) is 0 Å². The molecule has 0 aliphatic heterocycles. The van der Waals surface area contributed by atoms with E-state index in [9.17, 15) is 13.2 Å². The monoisotopic (exact) mass is 271 g/mol. The second-order valence-corrected chi connectivity index (χ2v) is 4.29. The van der Waals surface area contributed by atoms with Crippen molar-refractivity contribution < 1.29 is 17.9 Å². The standard InChI is InChI=1S/C12H8F3NOS/c13-12(14,15)17-10-5-3-9(4-6-10)16-8-11-2-1-7-18-11/h1-8H. The predicted molar refractivity (Wildman–Crippen MR) is 64.7 cm³/mol. The quantitative estimate of drug-likeness (QED) is 0.758. The Balaban J connectivity index is 2.04. The lowest BCUT2D eigenvalue weighted by atomic mass is 10.3. The van der Waals surface area contributed by atoms with Gasteiger partial charge in [-0.2, -0.15) is 0 Å². The van der Waals surface area contributed by atoms with Crippen molar-refractivity contribution in [2.45, 2.75) is 6.36 Å². The minimum atomic E-state index is -4.66. The van der Waals surface area contributed by atoms with E-state index in [1.165, 1.54) is 35.6 Å². The summed E-state index contributed by atoms with van der Waals surface area (Å²) >= 11 is 1.53. The Kier molecular flexibility index (Phi) is 3.66. The van der Waals surface area contributed by atoms with Gasteiger partial charge < -0.3 is 4.74 Å². The first kappa shape index (κ1) is 12.6. The number of alkyl halides is 3. The molecule has 0 radical (unpaired) electrons. The Labute approximate surface area is 105 Å². The summed E-state index contributed by atoms with van der Waals surface area (Å²) in [5.74, 6) is -0.252. The number of hydrogen-bond acceptors (Lipinski definition) is 3. The third kappa shape index (κ3) is 3.89. The van der Waals surface area contributed by atoms with Crippen LogP contribution < -0.4 is 4.74 Å². The van der Waals surface area contributed by atoms with Crippen LogP contribution >= 0.6 is 11.3 Å². The minimum Gasteiger partial charge on any atom is -0.406 e. The van der Waals surface area contributed by atoms with Crippen molar-refractivity contribution >= 4 is 23.2 Å². The number of benzene rings is 1. The molecule has 1 aromatic carbocycles. The molecule has 0 saturated heterocycles. The molecule has 0 aliphatic carbocycles. The minimum absolute atomic E-state index is 0.252. The molecule has 94 valence electrons. The van der Waals surface area contributed by atoms with E-state index in [1.54, 1.807) is 6.21 Å². The largest absolute Gasteiger partial charge is 0.573 e. The second-order valence-electron chi connectivity index (χ2n) is 3.32. The summed E-state index contributed by atoms with van der Waals surface area (Å²) in [6.07, 6.45) is -3.01. The fourth-order valence-electron chi connectivity index (χ4n) is 1.24. The number of thiophene rings is 1. The SMILES string of the molecule is FC(F)(F)Oc1ccc(N=Cc2cccs2)cc1. The molecule has 0 fully saturated rings. The van der Waals surface area contributed by atoms with Crippen molar-refractivity contribution in [3.8, 4) is 5.75 Å². The first-order chi connectivity index (χ1) is 8.53. The summed E-state index contributed by atoms with van der Waals surface area (Å²) in [4.78, 5) is 5.11. The molecule has 18 heavy (non-hydrogen) atoms. The van der Waals surface area contributed by atoms with Crippen LogP contribution in [0.1, 0.15) is 4.88 Å². The van der Waals surface area contributed by atoms with Gasteiger partial charge in [-0.3, -0.25) is 4.99 Å². The van der Waals surface area contributed by atoms with Gasteiger partial charge in [0.2, 0.25) is 0 Å². The Bertz CT molecular complexity index is 517. The number of hydrogen-bond donors (Lipinski definition) is 0. The number of halogens is 3. The molecule has 0 saturated carbocycles. The molecular weight excluding hydrogens is 263 g/mol. The smallest absolute Gasteiger partial charge is 0.406 e. The molecule has 2 nitrogen and oxygen atoms in total. The molecule has 0 unspecified atom stereocenters. The maximum atomic E-state index is 11.9. The van der Waals surface area contributed by atoms with Crippen molar-refractivity contribution in [2.75, 3.05) is 0 Å². The summed E-state index contributed by atoms with van der Waals surface area (Å²) in [6.45, 7) is 0. The molecule has 2 aromatic rings. The van der Waals surface area contributed by atoms with Gasteiger partial charge in [-0.25, -0.2) is 0 Å². The zero-order chi connectivity index (χ0) is 13.0. The van der Waals surface area contributed by atoms with Gasteiger partial charge in [-0.05, 0) is 35.7 Å². The first-order valence-electron chi connectivity index (χ1n) is 4.96. The van der Waals surface area contributed by atoms with Gasteiger partial charge in [0.15, 0.2) is 0 Å². The van der Waals surface area contributed by atoms with Crippen molar-refractivity contribution in [2.24, 2.45) is 4.99 Å². The van der Waals surface area contributed by atoms with E-state index >= 15 is 0 Å². The van der Waals surface area contributed by atoms with Crippen molar-refractivity contribution in [3.05, 3.63) is 46.7 Å². The van der Waals surface area contributed by atoms with E-state index in [1.807, 2.05) is 17.5 Å². The predicted octanol–water partition coefficient (Wildman–Crippen LogP) is 4.40. The average Bonchev–Trinajstić information content (AvgIpc) is 2.79. The molecular formula is C12H8F3NOS. The Morgan fingerprint density at radius 1 is 1.11 bits per heavy atom. The van der Waals surface area contributed by atoms with E-state index in [-0.39, 0.29) is 5.75 Å². The summed E-state index contributed by atoms with van der Waals surface area (Å²) in [5, 5.41) is 1.92. The number of aliphatic imine (C=N–C) groups is 1. The molecule has 0 atom stereocenters. The van der Waals surface area contributed by atoms with Crippen LogP contribution in [-0.2, 0) is 0 Å². The second kappa shape index (κ2) is 5.22. The summed E-state index contributed by atoms with van der Waals surface area (Å²) < 4.78 is 39.5. The van der Waals surface area contributed by atoms with E-state index < -0.39 is 6.36 Å². The van der Waals surface area contributed by atoms with Crippen LogP contribution in [0.3, 0.4) is 0 Å². The highest BCUT2D eigenvalue weighted by molar-refractivity contribution is 7.11. The Morgan fingerprint density at radius 2 is 1.83 bits per heavy atom. The van der Waals surface area contributed by atoms with Crippen LogP contribution in [0.5, 0.6) is 5.75 Å². The van der Waals surface area contributed by atoms with Gasteiger partial charge in [0, 0.05) is 11.1 Å². The van der Waals surface area contributed by atoms with Crippen LogP contribution in [0.25, 0.3) is 0 Å². The maximum absolute atomic E-state index is 11.9. The highest BCUT2D eigenvalue weighted by atomic mass is 32.1. The molecule has 6 heteroatoms. The third-order valence-corrected chi connectivity index (χ3v) is 2.76. The van der Waals surface area contributed by atoms with Crippen molar-refractivity contribution in [3.63, 3.8) is 0 Å². The van der Waals surface area contributed by atoms with Gasteiger partial charge in [-0.15, -0.1) is 24.5 Å². The number of ether oxygens (including phenoxy) is 1. The lowest BCUT2D eigenvalue weighted by molar-refractivity contribution is -0.274. The lowest BCUT2D eigenvalue weighted by Crippen LogP contribution is -2.16. The molecule has 0 aliphatic rings. The van der Waals surface area contributed by atoms with E-state index in [2.05, 4.69) is 9.73 Å². The van der Waals surface area contributed by atoms with Crippen molar-refractivity contribution in [1.82, 2.24) is 0 Å². The molecule has 1 heterocycles. The zero-order valence-corrected chi connectivity index (χ0v) is 9.83. The van der Waals surface area contributed by atoms with Crippen LogP contribution in [0.2, 0.25) is 0 Å². The molecule has 2 rings (SSSR count). The molecule has 0 bridgehead atoms. The molecule has 0 spiro atoms. The van der Waals surface area contributed by atoms with E-state index in [0.717, 1.165) is 4.88 Å². The van der Waals surface area contributed by atoms with Crippen molar-refractivity contribution in [1.29, 1.82) is 0 Å². The van der Waals surface area contributed by atoms with Crippen LogP contribution in [0.4, 0.5) is 18.9 Å². The van der Waals surface area contributed by atoms with Crippen LogP contribution in [-0.4, -0.2) is 12.6 Å². The van der Waals surface area contributed by atoms with Gasteiger partial charge in [0.1, 0.15) is 5.75 Å². The maximum Gasteiger partial charge on any atom is 0.573 e. The molecule has 0 amide bonds. The highest BCUT2D eigenvalue weighted by Crippen LogP contribution is 2.24. The summed E-state index contributed by atoms with van der Waals surface area (Å²) in [5.41, 5.74) is 0.568. The highest BCUT2D eigenvalue weighted by Gasteiger charge is 2.30. The van der Waals surface area contributed by atoms with Gasteiger partial charge in [0.25, 0.3) is 0 Å². The summed E-state index contributed by atoms with van der Waals surface area (Å²) in [6, 6.07) is 9.18. The number of rotatable bonds is 3. The van der Waals surface area contributed by atoms with E-state index in [0.29, 0.717) is 5.69 Å². The Hall–Kier alpha value is -1.82. The van der Waals surface area contributed by atoms with Crippen LogP contribution in [0.15, 0.2) is 46.8 Å². The molecule has 1 aromatic heterocycles. The Morgan fingerprint density at radius 3 is 2.39 bits per heavy atom. The first-order valence-corrected chi connectivity index (χ1v) is 5.84. The zero-order valence-electron chi connectivity index (χ0n) is 9.02. The fourth-order valence-corrected chi connectivity index (χ4v) is 1.82. The van der Waals surface area contributed by atoms with Gasteiger partial charge >= 0.3 is 6.36 Å². The molecule has 0 N–H and O–H groups in total. The lowest BCUT2D eigenvalue weighted by Gasteiger charge is -2.08. The third-order valence-electron chi connectivity index (χ3n) is 1.95. The van der Waals surface area contributed by atoms with Gasteiger partial charge in [-0.1, -0.05) is 6.07 Å². The van der Waals surface area contributed by atoms with E-state index in [4.69, 9.17) is 0 Å². The summed E-state index contributed by atoms with van der Waals surface area (Å²) in [7, 11) is 0. The fraction of sp³-hybridized carbons (Fsp3) is 0.0833. The average molecular weight is 271 g/mol. The normalized spacial score (nSPS) is 11.9. The topological polar surface area (TPSA) is 21.6 Å². The number of nitrogens with zero attached hydrogens (tertiary/aromatic N) is 1. The van der Waals surface area contributed by atoms with Gasteiger partial charge in [0.05, 0.1) is 5.69 Å².